The lowest BCUT2D eigenvalue weighted by Gasteiger charge is -2.52. The van der Waals surface area contributed by atoms with Crippen LogP contribution in [-0.2, 0) is 28.4 Å². The van der Waals surface area contributed by atoms with Crippen molar-refractivity contribution in [1.82, 2.24) is 0 Å². The highest BCUT2D eigenvalue weighted by atomic mass is 16.5. The van der Waals surface area contributed by atoms with Gasteiger partial charge in [-0.1, -0.05) is 110 Å². The van der Waals surface area contributed by atoms with E-state index in [1.165, 1.54) is 12.8 Å². The first-order valence-electron chi connectivity index (χ1n) is 17.1. The molecule has 0 saturated carbocycles. The number of hydrogen-bond acceptors (Lipinski definition) is 6. The summed E-state index contributed by atoms with van der Waals surface area (Å²) >= 11 is 0. The molecular weight excluding hydrogens is 552 g/mol. The number of hydrogen-bond donors (Lipinski definition) is 0. The fraction of sp³-hybridized carbons (Fsp3) is 1.00. The van der Waals surface area contributed by atoms with Crippen molar-refractivity contribution in [2.45, 2.75) is 116 Å². The van der Waals surface area contributed by atoms with Gasteiger partial charge in [0.2, 0.25) is 0 Å². The van der Waals surface area contributed by atoms with E-state index in [1.54, 1.807) is 42.7 Å². The predicted molar refractivity (Wildman–Crippen MR) is 191 cm³/mol. The van der Waals surface area contributed by atoms with Crippen LogP contribution in [0.2, 0.25) is 0 Å². The summed E-state index contributed by atoms with van der Waals surface area (Å²) in [4.78, 5) is 0. The Kier molecular flexibility index (Phi) is 25.3. The SMILES string of the molecule is CCC(C)C(COC)(COC)C(C)CC.COCC(COC)(C(C)(C)C)C(C)(C)C.COCC(COC)(CC(C)C)C(C)C. The third kappa shape index (κ3) is 14.7. The van der Waals surface area contributed by atoms with Crippen LogP contribution in [0.5, 0.6) is 0 Å². The topological polar surface area (TPSA) is 55.4 Å². The molecule has 0 aliphatic rings. The maximum Gasteiger partial charge on any atom is 0.0550 e. The van der Waals surface area contributed by atoms with E-state index < -0.39 is 0 Å². The van der Waals surface area contributed by atoms with Crippen LogP contribution < -0.4 is 0 Å². The maximum absolute atomic E-state index is 5.43. The van der Waals surface area contributed by atoms with Crippen LogP contribution in [0, 0.1) is 50.7 Å². The molecule has 0 aromatic rings. The van der Waals surface area contributed by atoms with Gasteiger partial charge in [-0.3, -0.25) is 0 Å². The normalized spacial score (nSPS) is 14.6. The molecule has 6 heteroatoms. The van der Waals surface area contributed by atoms with Gasteiger partial charge >= 0.3 is 0 Å². The summed E-state index contributed by atoms with van der Waals surface area (Å²) in [6.07, 6.45) is 3.51. The van der Waals surface area contributed by atoms with Gasteiger partial charge in [0.05, 0.1) is 39.6 Å². The second kappa shape index (κ2) is 23.1. The van der Waals surface area contributed by atoms with Crippen molar-refractivity contribution in [3.63, 3.8) is 0 Å². The van der Waals surface area contributed by atoms with Crippen molar-refractivity contribution < 1.29 is 28.4 Å². The molecule has 2 unspecified atom stereocenters. The van der Waals surface area contributed by atoms with Crippen LogP contribution >= 0.6 is 0 Å². The fourth-order valence-electron chi connectivity index (χ4n) is 7.09. The molecule has 0 heterocycles. The predicted octanol–water partition coefficient (Wildman–Crippen LogP) is 9.68. The van der Waals surface area contributed by atoms with E-state index in [-0.39, 0.29) is 27.1 Å². The zero-order valence-corrected chi connectivity index (χ0v) is 33.6. The van der Waals surface area contributed by atoms with E-state index >= 15 is 0 Å². The van der Waals surface area contributed by atoms with E-state index in [0.29, 0.717) is 23.7 Å². The molecule has 0 radical (unpaired) electrons. The Morgan fingerprint density at radius 2 is 0.750 bits per heavy atom. The number of rotatable bonds is 19. The van der Waals surface area contributed by atoms with Crippen LogP contribution in [0.15, 0.2) is 0 Å². The minimum absolute atomic E-state index is 0.0312. The zero-order valence-electron chi connectivity index (χ0n) is 33.6. The van der Waals surface area contributed by atoms with Crippen LogP contribution in [0.4, 0.5) is 0 Å². The highest BCUT2D eigenvalue weighted by molar-refractivity contribution is 4.98. The van der Waals surface area contributed by atoms with Gasteiger partial charge in [-0.05, 0) is 40.9 Å². The minimum Gasteiger partial charge on any atom is -0.384 e. The van der Waals surface area contributed by atoms with Crippen molar-refractivity contribution >= 4 is 0 Å². The van der Waals surface area contributed by atoms with Gasteiger partial charge in [0.15, 0.2) is 0 Å². The summed E-state index contributed by atoms with van der Waals surface area (Å²) in [5.41, 5.74) is 0.683. The van der Waals surface area contributed by atoms with E-state index in [1.807, 2.05) is 0 Å². The molecule has 0 saturated heterocycles. The molecule has 0 spiro atoms. The first-order valence-corrected chi connectivity index (χ1v) is 17.1. The van der Waals surface area contributed by atoms with Gasteiger partial charge < -0.3 is 28.4 Å². The van der Waals surface area contributed by atoms with Crippen molar-refractivity contribution in [3.8, 4) is 0 Å². The van der Waals surface area contributed by atoms with Gasteiger partial charge in [-0.25, -0.2) is 0 Å². The zero-order chi connectivity index (χ0) is 35.4. The summed E-state index contributed by atoms with van der Waals surface area (Å²) in [6.45, 7) is 36.3. The molecule has 0 N–H and O–H groups in total. The monoisotopic (exact) mass is 635 g/mol. The molecule has 270 valence electrons. The largest absolute Gasteiger partial charge is 0.384 e. The van der Waals surface area contributed by atoms with Crippen molar-refractivity contribution in [1.29, 1.82) is 0 Å². The number of methoxy groups -OCH3 is 6. The third-order valence-corrected chi connectivity index (χ3v) is 10.6. The molecule has 0 fully saturated rings. The Hall–Kier alpha value is -0.240. The third-order valence-electron chi connectivity index (χ3n) is 10.6. The maximum atomic E-state index is 5.43. The Labute approximate surface area is 277 Å². The standard InChI is InChI=1S/2C13H28O2.C12H26O2/c1-11(2,3)13(9-14-7,10-15-8)12(4,5)6;1-7-11(3)13(9-14-5,10-15-6)12(4)8-2;1-10(2)7-12(8-13-5,9-14-6)11(3)4/h9-10H2,1-8H3;11-12H,7-10H2,1-6H3;10-11H,7-9H2,1-6H3. The van der Waals surface area contributed by atoms with E-state index in [0.717, 1.165) is 46.1 Å². The van der Waals surface area contributed by atoms with Crippen LogP contribution in [0.1, 0.15) is 116 Å². The Morgan fingerprint density at radius 3 is 0.932 bits per heavy atom. The van der Waals surface area contributed by atoms with E-state index in [4.69, 9.17) is 28.4 Å². The quantitative estimate of drug-likeness (QED) is 0.141. The van der Waals surface area contributed by atoms with E-state index in [9.17, 15) is 0 Å². The lowest BCUT2D eigenvalue weighted by Crippen LogP contribution is -2.52. The summed E-state index contributed by atoms with van der Waals surface area (Å²) in [7, 11) is 10.6. The average Bonchev–Trinajstić information content (AvgIpc) is 2.91. The summed E-state index contributed by atoms with van der Waals surface area (Å²) in [5.74, 6) is 2.53. The molecule has 0 aliphatic heterocycles. The molecule has 0 bridgehead atoms. The van der Waals surface area contributed by atoms with Gasteiger partial charge in [0.25, 0.3) is 0 Å². The van der Waals surface area contributed by atoms with Crippen molar-refractivity contribution in [3.05, 3.63) is 0 Å². The first-order chi connectivity index (χ1) is 20.2. The molecule has 2 atom stereocenters. The second-order valence-electron chi connectivity index (χ2n) is 16.1. The summed E-state index contributed by atoms with van der Waals surface area (Å²) in [6, 6.07) is 0. The van der Waals surface area contributed by atoms with E-state index in [2.05, 4.69) is 96.9 Å². The summed E-state index contributed by atoms with van der Waals surface area (Å²) in [5, 5.41) is 0. The highest BCUT2D eigenvalue weighted by Crippen LogP contribution is 2.51. The number of ether oxygens (including phenoxy) is 6. The smallest absolute Gasteiger partial charge is 0.0550 e. The molecule has 0 amide bonds. The molecule has 0 aromatic heterocycles. The fourth-order valence-corrected chi connectivity index (χ4v) is 7.09. The van der Waals surface area contributed by atoms with Gasteiger partial charge in [0.1, 0.15) is 0 Å². The van der Waals surface area contributed by atoms with Gasteiger partial charge in [-0.2, -0.15) is 0 Å². The molecule has 0 aliphatic carbocycles. The molecular formula is C38H82O6. The average molecular weight is 635 g/mol. The minimum atomic E-state index is 0.0312. The molecule has 44 heavy (non-hydrogen) atoms. The Balaban J connectivity index is -0.000000574. The van der Waals surface area contributed by atoms with Crippen LogP contribution in [0.3, 0.4) is 0 Å². The lowest BCUT2D eigenvalue weighted by atomic mass is 9.55. The van der Waals surface area contributed by atoms with Crippen molar-refractivity contribution in [2.24, 2.45) is 50.7 Å². The molecule has 6 nitrogen and oxygen atoms in total. The second-order valence-corrected chi connectivity index (χ2v) is 16.1. The van der Waals surface area contributed by atoms with Crippen molar-refractivity contribution in [2.75, 3.05) is 82.3 Å². The Morgan fingerprint density at radius 1 is 0.455 bits per heavy atom. The highest BCUT2D eigenvalue weighted by Gasteiger charge is 2.50. The van der Waals surface area contributed by atoms with Gasteiger partial charge in [-0.15, -0.1) is 0 Å². The van der Waals surface area contributed by atoms with Gasteiger partial charge in [0, 0.05) is 58.9 Å². The van der Waals surface area contributed by atoms with Crippen LogP contribution in [-0.4, -0.2) is 82.3 Å². The molecule has 0 rings (SSSR count). The first kappa shape index (κ1) is 48.2. The lowest BCUT2D eigenvalue weighted by molar-refractivity contribution is -0.128. The molecule has 0 aromatic carbocycles. The summed E-state index contributed by atoms with van der Waals surface area (Å²) < 4.78 is 32.4. The Bertz CT molecular complexity index is 615. The van der Waals surface area contributed by atoms with Crippen LogP contribution in [0.25, 0.3) is 0 Å².